The van der Waals surface area contributed by atoms with Crippen LogP contribution in [0.1, 0.15) is 15.9 Å². The number of pyridine rings is 2. The standard InChI is InChI=1S/C26H28N4O6/c1-16-4-6-27-18(14-16)19-15-17(5-7-28-19)24(31)29-8-10-34-12-13-35-11-9-30-25(32)22-20-2-3-21(36-20)23(22)26(30)33/h2-7,14-15,20-23H,8-13H2,1H3,(H,29,31)/t20-,21+,22-,23+. The van der Waals surface area contributed by atoms with Gasteiger partial charge in [-0.25, -0.2) is 0 Å². The van der Waals surface area contributed by atoms with Crippen molar-refractivity contribution < 1.29 is 28.6 Å². The molecule has 2 bridgehead atoms. The molecule has 3 aliphatic heterocycles. The Morgan fingerprint density at radius 1 is 0.944 bits per heavy atom. The van der Waals surface area contributed by atoms with Gasteiger partial charge in [0, 0.05) is 24.5 Å². The van der Waals surface area contributed by atoms with E-state index in [9.17, 15) is 14.4 Å². The number of imide groups is 1. The largest absolute Gasteiger partial charge is 0.377 e. The maximum absolute atomic E-state index is 12.6. The predicted octanol–water partition coefficient (Wildman–Crippen LogP) is 1.15. The number of likely N-dealkylation sites (tertiary alicyclic amines) is 1. The van der Waals surface area contributed by atoms with Gasteiger partial charge in [0.15, 0.2) is 0 Å². The van der Waals surface area contributed by atoms with Gasteiger partial charge in [0.1, 0.15) is 0 Å². The molecule has 3 aliphatic rings. The average Bonchev–Trinajstić information content (AvgIpc) is 3.57. The fourth-order valence-electron chi connectivity index (χ4n) is 4.79. The zero-order valence-electron chi connectivity index (χ0n) is 20.0. The third-order valence-corrected chi connectivity index (χ3v) is 6.57. The SMILES string of the molecule is Cc1ccnc(-c2cc(C(=O)NCCOCCOCCN3C(=O)[C@@H]4[C@H](C3=O)[C@H]3C=C[C@@H]4O3)ccn2)c1. The normalized spacial score (nSPS) is 24.0. The molecule has 0 aromatic carbocycles. The molecule has 2 saturated heterocycles. The number of ether oxygens (including phenoxy) is 3. The number of hydrogen-bond acceptors (Lipinski definition) is 8. The second-order valence-corrected chi connectivity index (χ2v) is 8.96. The quantitative estimate of drug-likeness (QED) is 0.282. The highest BCUT2D eigenvalue weighted by atomic mass is 16.5. The van der Waals surface area contributed by atoms with E-state index < -0.39 is 0 Å². The van der Waals surface area contributed by atoms with Crippen molar-refractivity contribution in [3.05, 3.63) is 59.9 Å². The minimum atomic E-state index is -0.385. The van der Waals surface area contributed by atoms with Crippen molar-refractivity contribution in [3.8, 4) is 11.4 Å². The zero-order valence-corrected chi connectivity index (χ0v) is 20.0. The van der Waals surface area contributed by atoms with Gasteiger partial charge in [0.05, 0.1) is 68.4 Å². The molecule has 5 heterocycles. The van der Waals surface area contributed by atoms with Crippen LogP contribution in [0.2, 0.25) is 0 Å². The number of fused-ring (bicyclic) bond motifs is 5. The highest BCUT2D eigenvalue weighted by Gasteiger charge is 2.60. The first-order valence-electron chi connectivity index (χ1n) is 12.0. The molecule has 0 unspecified atom stereocenters. The molecule has 0 spiro atoms. The van der Waals surface area contributed by atoms with Crippen molar-refractivity contribution in [2.24, 2.45) is 11.8 Å². The van der Waals surface area contributed by atoms with Crippen LogP contribution in [-0.4, -0.2) is 84.3 Å². The third kappa shape index (κ3) is 4.92. The van der Waals surface area contributed by atoms with Crippen LogP contribution in [0.15, 0.2) is 48.8 Å². The fraction of sp³-hybridized carbons (Fsp3) is 0.423. The van der Waals surface area contributed by atoms with Crippen molar-refractivity contribution in [2.75, 3.05) is 39.5 Å². The first kappa shape index (κ1) is 24.2. The van der Waals surface area contributed by atoms with Gasteiger partial charge in [-0.05, 0) is 36.8 Å². The maximum Gasteiger partial charge on any atom is 0.251 e. The molecular formula is C26H28N4O6. The first-order valence-corrected chi connectivity index (χ1v) is 12.0. The van der Waals surface area contributed by atoms with Crippen LogP contribution in [0.5, 0.6) is 0 Å². The van der Waals surface area contributed by atoms with Crippen molar-refractivity contribution in [2.45, 2.75) is 19.1 Å². The molecule has 0 radical (unpaired) electrons. The third-order valence-electron chi connectivity index (χ3n) is 6.57. The van der Waals surface area contributed by atoms with Crippen molar-refractivity contribution >= 4 is 17.7 Å². The minimum Gasteiger partial charge on any atom is -0.377 e. The molecule has 1 N–H and O–H groups in total. The summed E-state index contributed by atoms with van der Waals surface area (Å²) in [6.45, 7) is 3.79. The molecule has 10 nitrogen and oxygen atoms in total. The van der Waals surface area contributed by atoms with E-state index in [-0.39, 0.29) is 54.9 Å². The van der Waals surface area contributed by atoms with E-state index in [0.717, 1.165) is 5.56 Å². The summed E-state index contributed by atoms with van der Waals surface area (Å²) in [5.74, 6) is -1.33. The summed E-state index contributed by atoms with van der Waals surface area (Å²) in [6.07, 6.45) is 6.49. The first-order chi connectivity index (χ1) is 17.5. The van der Waals surface area contributed by atoms with Crippen LogP contribution in [0.25, 0.3) is 11.4 Å². The van der Waals surface area contributed by atoms with Crippen LogP contribution in [0.4, 0.5) is 0 Å². The Kier molecular flexibility index (Phi) is 7.17. The molecular weight excluding hydrogens is 464 g/mol. The van der Waals surface area contributed by atoms with E-state index in [4.69, 9.17) is 14.2 Å². The zero-order chi connectivity index (χ0) is 25.1. The van der Waals surface area contributed by atoms with E-state index in [1.807, 2.05) is 31.2 Å². The molecule has 2 aromatic heterocycles. The topological polar surface area (TPSA) is 120 Å². The van der Waals surface area contributed by atoms with E-state index >= 15 is 0 Å². The van der Waals surface area contributed by atoms with Gasteiger partial charge in [-0.3, -0.25) is 29.3 Å². The number of aryl methyl sites for hydroxylation is 1. The van der Waals surface area contributed by atoms with Crippen LogP contribution >= 0.6 is 0 Å². The van der Waals surface area contributed by atoms with E-state index in [2.05, 4.69) is 15.3 Å². The Morgan fingerprint density at radius 2 is 1.58 bits per heavy atom. The molecule has 4 atom stereocenters. The molecule has 2 fully saturated rings. The minimum absolute atomic E-state index is 0.172. The second kappa shape index (κ2) is 10.7. The lowest BCUT2D eigenvalue weighted by Gasteiger charge is -2.17. The summed E-state index contributed by atoms with van der Waals surface area (Å²) in [6, 6.07) is 7.19. The Hall–Kier alpha value is -3.47. The second-order valence-electron chi connectivity index (χ2n) is 8.96. The van der Waals surface area contributed by atoms with E-state index in [0.29, 0.717) is 43.3 Å². The number of carbonyl (C=O) groups is 3. The lowest BCUT2D eigenvalue weighted by molar-refractivity contribution is -0.143. The van der Waals surface area contributed by atoms with Crippen LogP contribution < -0.4 is 5.32 Å². The van der Waals surface area contributed by atoms with Gasteiger partial charge in [-0.2, -0.15) is 0 Å². The Labute approximate surface area is 208 Å². The number of aromatic nitrogens is 2. The van der Waals surface area contributed by atoms with Crippen LogP contribution in [-0.2, 0) is 23.8 Å². The van der Waals surface area contributed by atoms with E-state index in [1.54, 1.807) is 24.5 Å². The molecule has 0 saturated carbocycles. The number of amides is 3. The molecule has 0 aliphatic carbocycles. The fourth-order valence-corrected chi connectivity index (χ4v) is 4.79. The summed E-state index contributed by atoms with van der Waals surface area (Å²) in [5.41, 5.74) is 2.92. The summed E-state index contributed by atoms with van der Waals surface area (Å²) in [4.78, 5) is 47.5. The number of nitrogens with one attached hydrogen (secondary N) is 1. The van der Waals surface area contributed by atoms with Gasteiger partial charge < -0.3 is 19.5 Å². The molecule has 10 heteroatoms. The predicted molar refractivity (Wildman–Crippen MR) is 128 cm³/mol. The van der Waals surface area contributed by atoms with Crippen molar-refractivity contribution in [1.29, 1.82) is 0 Å². The molecule has 5 rings (SSSR count). The van der Waals surface area contributed by atoms with Crippen molar-refractivity contribution in [1.82, 2.24) is 20.2 Å². The molecule has 2 aromatic rings. The van der Waals surface area contributed by atoms with Gasteiger partial charge in [-0.15, -0.1) is 0 Å². The van der Waals surface area contributed by atoms with Crippen molar-refractivity contribution in [3.63, 3.8) is 0 Å². The summed E-state index contributed by atoms with van der Waals surface area (Å²) in [5, 5.41) is 2.82. The highest BCUT2D eigenvalue weighted by Crippen LogP contribution is 2.44. The van der Waals surface area contributed by atoms with Gasteiger partial charge >= 0.3 is 0 Å². The summed E-state index contributed by atoms with van der Waals surface area (Å²) in [7, 11) is 0. The number of nitrogens with zero attached hydrogens (tertiary/aromatic N) is 3. The molecule has 36 heavy (non-hydrogen) atoms. The van der Waals surface area contributed by atoms with Crippen LogP contribution in [0, 0.1) is 18.8 Å². The number of carbonyl (C=O) groups excluding carboxylic acids is 3. The highest BCUT2D eigenvalue weighted by molar-refractivity contribution is 6.06. The average molecular weight is 493 g/mol. The molecule has 3 amide bonds. The lowest BCUT2D eigenvalue weighted by Crippen LogP contribution is -2.37. The maximum atomic E-state index is 12.6. The van der Waals surface area contributed by atoms with Gasteiger partial charge in [-0.1, -0.05) is 12.2 Å². The molecule has 188 valence electrons. The number of rotatable bonds is 11. The lowest BCUT2D eigenvalue weighted by atomic mass is 9.85. The van der Waals surface area contributed by atoms with Gasteiger partial charge in [0.25, 0.3) is 5.91 Å². The Bertz CT molecular complexity index is 1150. The number of hydrogen-bond donors (Lipinski definition) is 1. The van der Waals surface area contributed by atoms with Crippen LogP contribution in [0.3, 0.4) is 0 Å². The summed E-state index contributed by atoms with van der Waals surface area (Å²) >= 11 is 0. The van der Waals surface area contributed by atoms with Gasteiger partial charge in [0.2, 0.25) is 11.8 Å². The van der Waals surface area contributed by atoms with E-state index in [1.165, 1.54) is 4.90 Å². The monoisotopic (exact) mass is 492 g/mol. The Morgan fingerprint density at radius 3 is 2.28 bits per heavy atom. The Balaban J connectivity index is 0.956. The smallest absolute Gasteiger partial charge is 0.251 e. The summed E-state index contributed by atoms with van der Waals surface area (Å²) < 4.78 is 16.7.